The number of carbonyl (C=O) groups is 6. The van der Waals surface area contributed by atoms with Crippen LogP contribution in [0.3, 0.4) is 0 Å². The summed E-state index contributed by atoms with van der Waals surface area (Å²) in [5, 5.41) is 10.5. The first kappa shape index (κ1) is 38.2. The maximum absolute atomic E-state index is 14.0. The van der Waals surface area contributed by atoms with Crippen LogP contribution in [0.5, 0.6) is 0 Å². The number of ketones is 1. The molecule has 0 saturated carbocycles. The van der Waals surface area contributed by atoms with Gasteiger partial charge < -0.3 is 30.9 Å². The molecule has 46 heavy (non-hydrogen) atoms. The molecule has 0 radical (unpaired) electrons. The lowest BCUT2D eigenvalue weighted by Gasteiger charge is -2.36. The highest BCUT2D eigenvalue weighted by atomic mass is 16.6. The van der Waals surface area contributed by atoms with E-state index in [-0.39, 0.29) is 19.0 Å². The van der Waals surface area contributed by atoms with Crippen LogP contribution in [0.25, 0.3) is 0 Å². The largest absolute Gasteiger partial charge is 0.444 e. The van der Waals surface area contributed by atoms with Gasteiger partial charge in [0.15, 0.2) is 0 Å². The van der Waals surface area contributed by atoms with Crippen LogP contribution >= 0.6 is 0 Å². The number of ether oxygens (including phenoxy) is 1. The minimum absolute atomic E-state index is 0.185. The van der Waals surface area contributed by atoms with Crippen molar-refractivity contribution >= 4 is 35.5 Å². The van der Waals surface area contributed by atoms with Crippen LogP contribution in [0, 0.1) is 10.8 Å². The highest BCUT2D eigenvalue weighted by molar-refractivity contribution is 6.38. The monoisotopic (exact) mass is 643 g/mol. The summed E-state index contributed by atoms with van der Waals surface area (Å²) in [7, 11) is 0. The van der Waals surface area contributed by atoms with E-state index in [1.807, 2.05) is 58.0 Å². The number of Topliss-reactive ketones (excluding diaryl/α,β-unsaturated/α-hetero) is 1. The summed E-state index contributed by atoms with van der Waals surface area (Å²) in [4.78, 5) is 80.2. The molecule has 12 nitrogen and oxygen atoms in total. The Morgan fingerprint density at radius 1 is 0.957 bits per heavy atom. The summed E-state index contributed by atoms with van der Waals surface area (Å²) in [6, 6.07) is 5.92. The van der Waals surface area contributed by atoms with Crippen LogP contribution in [0.15, 0.2) is 30.3 Å². The van der Waals surface area contributed by atoms with Gasteiger partial charge in [-0.25, -0.2) is 4.79 Å². The zero-order valence-electron chi connectivity index (χ0n) is 29.0. The first-order valence-electron chi connectivity index (χ1n) is 15.9. The minimum atomic E-state index is -1.15. The van der Waals surface area contributed by atoms with Crippen LogP contribution in [0.2, 0.25) is 0 Å². The molecule has 1 fully saturated rings. The van der Waals surface area contributed by atoms with Crippen molar-refractivity contribution in [3.05, 3.63) is 35.9 Å². The first-order chi connectivity index (χ1) is 21.1. The van der Waals surface area contributed by atoms with Gasteiger partial charge in [-0.2, -0.15) is 0 Å². The molecule has 1 aromatic rings. The minimum Gasteiger partial charge on any atom is -0.444 e. The van der Waals surface area contributed by atoms with Crippen molar-refractivity contribution in [2.45, 2.75) is 118 Å². The van der Waals surface area contributed by atoms with Gasteiger partial charge in [-0.05, 0) is 56.9 Å². The van der Waals surface area contributed by atoms with Gasteiger partial charge in [0.1, 0.15) is 17.7 Å². The molecule has 12 heteroatoms. The summed E-state index contributed by atoms with van der Waals surface area (Å²) < 4.78 is 5.39. The molecule has 256 valence electrons. The maximum atomic E-state index is 14.0. The molecule has 0 aromatic heterocycles. The Bertz CT molecular complexity index is 1270. The maximum Gasteiger partial charge on any atom is 0.408 e. The van der Waals surface area contributed by atoms with Gasteiger partial charge in [-0.3, -0.25) is 24.0 Å². The summed E-state index contributed by atoms with van der Waals surface area (Å²) in [5.41, 5.74) is -1.03. The molecule has 1 aromatic carbocycles. The normalized spacial score (nSPS) is 18.0. The third-order valence-electron chi connectivity index (χ3n) is 7.60. The number of likely N-dealkylation sites (tertiary alicyclic amines) is 1. The summed E-state index contributed by atoms with van der Waals surface area (Å²) in [6.45, 7) is 17.9. The molecular formula is C34H53N5O7. The van der Waals surface area contributed by atoms with Crippen LogP contribution < -0.4 is 21.3 Å². The van der Waals surface area contributed by atoms with E-state index < -0.39 is 76.6 Å². The zero-order chi connectivity index (χ0) is 35.0. The van der Waals surface area contributed by atoms with E-state index >= 15 is 0 Å². The van der Waals surface area contributed by atoms with E-state index in [4.69, 9.17) is 4.74 Å². The molecule has 2 rings (SSSR count). The number of alkyl carbamates (subject to hydrolysis) is 1. The first-order valence-corrected chi connectivity index (χ1v) is 15.9. The Morgan fingerprint density at radius 2 is 1.57 bits per heavy atom. The fourth-order valence-electron chi connectivity index (χ4n) is 5.32. The molecule has 4 atom stereocenters. The molecule has 0 aliphatic carbocycles. The second-order valence-electron chi connectivity index (χ2n) is 14.9. The average Bonchev–Trinajstić information content (AvgIpc) is 3.28. The van der Waals surface area contributed by atoms with E-state index in [1.54, 1.807) is 41.5 Å². The molecule has 1 aliphatic rings. The fourth-order valence-corrected chi connectivity index (χ4v) is 5.32. The molecule has 1 aliphatic heterocycles. The lowest BCUT2D eigenvalue weighted by Crippen LogP contribution is -2.59. The molecule has 1 saturated heterocycles. The standard InChI is InChI=1S/C34H53N5O7/c1-11-15-23(26(41)29(43)35-19-25(40)36-21(2)22-16-13-12-14-17-22)37-28(42)24-18-34(9,10)20-39(24)30(44)27(32(3,4)5)38-31(45)46-33(6,7)8/h12-14,16-17,21,23-24,27H,11,15,18-20H2,1-10H3,(H,35,43)(H,36,40)(H,37,42)(H,38,45)/t21?,23?,24-,27?/m0/s1. The van der Waals surface area contributed by atoms with E-state index in [0.717, 1.165) is 5.56 Å². The van der Waals surface area contributed by atoms with Crippen molar-refractivity contribution in [1.29, 1.82) is 0 Å². The zero-order valence-corrected chi connectivity index (χ0v) is 29.0. The van der Waals surface area contributed by atoms with Gasteiger partial charge >= 0.3 is 6.09 Å². The van der Waals surface area contributed by atoms with Gasteiger partial charge in [-0.15, -0.1) is 0 Å². The van der Waals surface area contributed by atoms with E-state index in [0.29, 0.717) is 12.8 Å². The van der Waals surface area contributed by atoms with Crippen molar-refractivity contribution in [2.24, 2.45) is 10.8 Å². The van der Waals surface area contributed by atoms with Crippen LogP contribution in [0.4, 0.5) is 4.79 Å². The predicted molar refractivity (Wildman–Crippen MR) is 174 cm³/mol. The molecular weight excluding hydrogens is 590 g/mol. The number of carbonyl (C=O) groups excluding carboxylic acids is 6. The second kappa shape index (κ2) is 15.6. The van der Waals surface area contributed by atoms with Gasteiger partial charge in [0.25, 0.3) is 5.91 Å². The van der Waals surface area contributed by atoms with Crippen LogP contribution in [-0.2, 0) is 28.7 Å². The molecule has 1 heterocycles. The molecule has 0 bridgehead atoms. The van der Waals surface area contributed by atoms with Gasteiger partial charge in [-0.1, -0.05) is 78.3 Å². The molecule has 0 spiro atoms. The molecule has 4 N–H and O–H groups in total. The Kier molecular flexibility index (Phi) is 12.9. The number of amides is 5. The Hall–Kier alpha value is -3.96. The van der Waals surface area contributed by atoms with Gasteiger partial charge in [0, 0.05) is 6.54 Å². The Morgan fingerprint density at radius 3 is 2.11 bits per heavy atom. The molecule has 5 amide bonds. The Balaban J connectivity index is 2.14. The number of hydrogen-bond donors (Lipinski definition) is 4. The Labute approximate surface area is 273 Å². The smallest absolute Gasteiger partial charge is 0.408 e. The summed E-state index contributed by atoms with van der Waals surface area (Å²) >= 11 is 0. The number of benzene rings is 1. The van der Waals surface area contributed by atoms with Crippen molar-refractivity contribution in [1.82, 2.24) is 26.2 Å². The quantitative estimate of drug-likeness (QED) is 0.254. The van der Waals surface area contributed by atoms with E-state index in [2.05, 4.69) is 21.3 Å². The topological polar surface area (TPSA) is 163 Å². The predicted octanol–water partition coefficient (Wildman–Crippen LogP) is 3.40. The van der Waals surface area contributed by atoms with Crippen molar-refractivity contribution < 1.29 is 33.5 Å². The number of hydrogen-bond acceptors (Lipinski definition) is 7. The number of nitrogens with zero attached hydrogens (tertiary/aromatic N) is 1. The third kappa shape index (κ3) is 11.4. The number of rotatable bonds is 12. The fraction of sp³-hybridized carbons (Fsp3) is 0.647. The number of nitrogens with one attached hydrogen (secondary N) is 4. The van der Waals surface area contributed by atoms with E-state index in [1.165, 1.54) is 4.90 Å². The average molecular weight is 644 g/mol. The lowest BCUT2D eigenvalue weighted by atomic mass is 9.85. The highest BCUT2D eigenvalue weighted by Crippen LogP contribution is 2.36. The van der Waals surface area contributed by atoms with Crippen LogP contribution in [-0.4, -0.2) is 77.2 Å². The second-order valence-corrected chi connectivity index (χ2v) is 14.9. The van der Waals surface area contributed by atoms with E-state index in [9.17, 15) is 28.8 Å². The van der Waals surface area contributed by atoms with Crippen molar-refractivity contribution in [3.63, 3.8) is 0 Å². The van der Waals surface area contributed by atoms with Crippen LogP contribution in [0.1, 0.15) is 100 Å². The van der Waals surface area contributed by atoms with Crippen molar-refractivity contribution in [2.75, 3.05) is 13.1 Å². The van der Waals surface area contributed by atoms with Gasteiger partial charge in [0.2, 0.25) is 23.5 Å². The van der Waals surface area contributed by atoms with Crippen molar-refractivity contribution in [3.8, 4) is 0 Å². The lowest BCUT2D eigenvalue weighted by molar-refractivity contribution is -0.144. The summed E-state index contributed by atoms with van der Waals surface area (Å²) in [5.74, 6) is -3.36. The SMILES string of the molecule is CCCC(NC(=O)[C@@H]1CC(C)(C)CN1C(=O)C(NC(=O)OC(C)(C)C)C(C)(C)C)C(=O)C(=O)NCC(=O)NC(C)c1ccccc1. The summed E-state index contributed by atoms with van der Waals surface area (Å²) in [6.07, 6.45) is 0.240. The third-order valence-corrected chi connectivity index (χ3v) is 7.60. The molecule has 3 unspecified atom stereocenters. The van der Waals surface area contributed by atoms with Gasteiger partial charge in [0.05, 0.1) is 18.6 Å². The highest BCUT2D eigenvalue weighted by Gasteiger charge is 2.48.